The average molecular weight is 387 g/mol. The molecule has 0 aromatic heterocycles. The van der Waals surface area contributed by atoms with Gasteiger partial charge in [0, 0.05) is 12.0 Å². The summed E-state index contributed by atoms with van der Waals surface area (Å²) in [5.74, 6) is -8.80. The highest BCUT2D eigenvalue weighted by molar-refractivity contribution is 5.99. The van der Waals surface area contributed by atoms with Gasteiger partial charge < -0.3 is 19.5 Å². The van der Waals surface area contributed by atoms with Crippen molar-refractivity contribution < 1.29 is 42.2 Å². The van der Waals surface area contributed by atoms with Crippen LogP contribution in [0.5, 0.6) is 0 Å². The summed E-state index contributed by atoms with van der Waals surface area (Å²) in [6.45, 7) is 1.31. The molecule has 0 bridgehead atoms. The summed E-state index contributed by atoms with van der Waals surface area (Å²) >= 11 is 0. The van der Waals surface area contributed by atoms with E-state index < -0.39 is 58.9 Å². The maximum Gasteiger partial charge on any atom is 0.328 e. The summed E-state index contributed by atoms with van der Waals surface area (Å²) in [4.78, 5) is 48.2. The number of methoxy groups -OCH3 is 3. The summed E-state index contributed by atoms with van der Waals surface area (Å²) in [6.07, 6.45) is 0. The molecule has 148 valence electrons. The van der Waals surface area contributed by atoms with Gasteiger partial charge in [0.05, 0.1) is 26.9 Å². The molecule has 0 saturated heterocycles. The molecule has 0 heterocycles. The first-order valence-corrected chi connectivity index (χ1v) is 7.67. The molecule has 0 saturated carbocycles. The molecule has 0 aliphatic carbocycles. The van der Waals surface area contributed by atoms with Crippen LogP contribution in [0.2, 0.25) is 0 Å². The van der Waals surface area contributed by atoms with Crippen LogP contribution in [0, 0.1) is 23.5 Å². The molecule has 0 aliphatic heterocycles. The Morgan fingerprint density at radius 3 is 1.89 bits per heavy atom. The lowest BCUT2D eigenvalue weighted by molar-refractivity contribution is -0.163. The third kappa shape index (κ3) is 5.22. The van der Waals surface area contributed by atoms with E-state index >= 15 is 0 Å². The van der Waals surface area contributed by atoms with Crippen molar-refractivity contribution in [3.8, 4) is 0 Å². The zero-order valence-electron chi connectivity index (χ0n) is 15.1. The number of carbonyl (C=O) groups excluding carboxylic acids is 4. The number of rotatable bonds is 7. The van der Waals surface area contributed by atoms with Gasteiger partial charge in [-0.05, 0) is 12.1 Å². The molecule has 0 unspecified atom stereocenters. The van der Waals surface area contributed by atoms with Gasteiger partial charge in [-0.2, -0.15) is 0 Å². The molecule has 0 spiro atoms. The molecule has 0 fully saturated rings. The van der Waals surface area contributed by atoms with E-state index in [1.54, 1.807) is 0 Å². The third-order valence-corrected chi connectivity index (χ3v) is 3.88. The molecule has 27 heavy (non-hydrogen) atoms. The Morgan fingerprint density at radius 2 is 1.44 bits per heavy atom. The SMILES string of the molecule is COC(=O)C(C(=O)OC)[C@@H](C)[C@H](NC(=O)c1ccc(F)cc1F)C(=O)OC. The van der Waals surface area contributed by atoms with Crippen LogP contribution in [-0.2, 0) is 28.6 Å². The first kappa shape index (κ1) is 22.0. The molecule has 1 rings (SSSR count). The van der Waals surface area contributed by atoms with Crippen molar-refractivity contribution in [2.75, 3.05) is 21.3 Å². The number of ether oxygens (including phenoxy) is 3. The van der Waals surface area contributed by atoms with Gasteiger partial charge >= 0.3 is 17.9 Å². The Hall–Kier alpha value is -3.04. The van der Waals surface area contributed by atoms with Gasteiger partial charge in [0.25, 0.3) is 5.91 Å². The van der Waals surface area contributed by atoms with Crippen LogP contribution >= 0.6 is 0 Å². The summed E-state index contributed by atoms with van der Waals surface area (Å²) in [5.41, 5.74) is -0.537. The van der Waals surface area contributed by atoms with Gasteiger partial charge in [0.1, 0.15) is 17.7 Å². The fraction of sp³-hybridized carbons (Fsp3) is 0.412. The van der Waals surface area contributed by atoms with Crippen molar-refractivity contribution in [2.45, 2.75) is 13.0 Å². The van der Waals surface area contributed by atoms with Crippen molar-refractivity contribution in [1.29, 1.82) is 0 Å². The highest BCUT2D eigenvalue weighted by Crippen LogP contribution is 2.21. The van der Waals surface area contributed by atoms with Crippen molar-refractivity contribution in [2.24, 2.45) is 11.8 Å². The van der Waals surface area contributed by atoms with Crippen molar-refractivity contribution in [3.63, 3.8) is 0 Å². The molecular formula is C17H19F2NO7. The maximum atomic E-state index is 13.8. The molecule has 0 radical (unpaired) electrons. The minimum Gasteiger partial charge on any atom is -0.468 e. The highest BCUT2D eigenvalue weighted by atomic mass is 19.1. The Morgan fingerprint density at radius 1 is 0.926 bits per heavy atom. The smallest absolute Gasteiger partial charge is 0.328 e. The molecule has 1 aromatic rings. The van der Waals surface area contributed by atoms with E-state index in [-0.39, 0.29) is 0 Å². The minimum atomic E-state index is -1.55. The van der Waals surface area contributed by atoms with E-state index in [0.29, 0.717) is 6.07 Å². The monoisotopic (exact) mass is 387 g/mol. The lowest BCUT2D eigenvalue weighted by Crippen LogP contribution is -2.51. The number of amides is 1. The van der Waals surface area contributed by atoms with Gasteiger partial charge in [-0.1, -0.05) is 6.92 Å². The van der Waals surface area contributed by atoms with Crippen LogP contribution in [-0.4, -0.2) is 51.2 Å². The van der Waals surface area contributed by atoms with E-state index in [1.165, 1.54) is 6.92 Å². The van der Waals surface area contributed by atoms with E-state index in [4.69, 9.17) is 0 Å². The van der Waals surface area contributed by atoms with Gasteiger partial charge in [-0.3, -0.25) is 14.4 Å². The molecule has 10 heteroatoms. The molecule has 1 N–H and O–H groups in total. The van der Waals surface area contributed by atoms with Crippen molar-refractivity contribution >= 4 is 23.8 Å². The summed E-state index contributed by atoms with van der Waals surface area (Å²) in [6, 6.07) is 0.726. The Balaban J connectivity index is 3.20. The molecule has 8 nitrogen and oxygen atoms in total. The first-order chi connectivity index (χ1) is 12.7. The van der Waals surface area contributed by atoms with Crippen LogP contribution in [0.15, 0.2) is 18.2 Å². The van der Waals surface area contributed by atoms with Crippen molar-refractivity contribution in [3.05, 3.63) is 35.4 Å². The molecule has 0 aliphatic rings. The van der Waals surface area contributed by atoms with E-state index in [1.807, 2.05) is 0 Å². The minimum absolute atomic E-state index is 0.497. The van der Waals surface area contributed by atoms with Gasteiger partial charge in [0.15, 0.2) is 5.92 Å². The number of esters is 3. The normalized spacial score (nSPS) is 12.7. The van der Waals surface area contributed by atoms with Crippen LogP contribution in [0.25, 0.3) is 0 Å². The Kier molecular flexibility index (Phi) is 7.82. The summed E-state index contributed by atoms with van der Waals surface area (Å²) < 4.78 is 40.4. The number of benzene rings is 1. The van der Waals surface area contributed by atoms with Gasteiger partial charge in [-0.25, -0.2) is 13.6 Å². The number of carbonyl (C=O) groups is 4. The lowest BCUT2D eigenvalue weighted by Gasteiger charge is -2.27. The fourth-order valence-corrected chi connectivity index (χ4v) is 2.40. The number of nitrogens with one attached hydrogen (secondary N) is 1. The standard InChI is InChI=1S/C17H19F2NO7/c1-8(12(15(22)25-2)16(23)26-3)13(17(24)27-4)20-14(21)10-6-5-9(18)7-11(10)19/h5-8,12-13H,1-4H3,(H,20,21)/t8-,13+/m1/s1. The largest absolute Gasteiger partial charge is 0.468 e. The van der Waals surface area contributed by atoms with E-state index in [0.717, 1.165) is 33.5 Å². The Bertz CT molecular complexity index is 722. The zero-order chi connectivity index (χ0) is 20.7. The topological polar surface area (TPSA) is 108 Å². The van der Waals surface area contributed by atoms with E-state index in [9.17, 15) is 28.0 Å². The van der Waals surface area contributed by atoms with Crippen LogP contribution in [0.3, 0.4) is 0 Å². The Labute approximate surface area is 153 Å². The molecule has 1 amide bonds. The zero-order valence-corrected chi connectivity index (χ0v) is 15.1. The number of hydrogen-bond acceptors (Lipinski definition) is 7. The number of halogens is 2. The van der Waals surface area contributed by atoms with Gasteiger partial charge in [-0.15, -0.1) is 0 Å². The van der Waals surface area contributed by atoms with Crippen LogP contribution in [0.1, 0.15) is 17.3 Å². The average Bonchev–Trinajstić information content (AvgIpc) is 2.64. The number of hydrogen-bond donors (Lipinski definition) is 1. The maximum absolute atomic E-state index is 13.8. The van der Waals surface area contributed by atoms with Crippen molar-refractivity contribution in [1.82, 2.24) is 5.32 Å². The first-order valence-electron chi connectivity index (χ1n) is 7.67. The second-order valence-electron chi connectivity index (χ2n) is 5.48. The molecule has 1 aromatic carbocycles. The molecule has 2 atom stereocenters. The predicted molar refractivity (Wildman–Crippen MR) is 86.3 cm³/mol. The highest BCUT2D eigenvalue weighted by Gasteiger charge is 2.42. The third-order valence-electron chi connectivity index (χ3n) is 3.88. The predicted octanol–water partition coefficient (Wildman–Crippen LogP) is 0.834. The quantitative estimate of drug-likeness (QED) is 0.419. The van der Waals surface area contributed by atoms with Crippen LogP contribution in [0.4, 0.5) is 8.78 Å². The fourth-order valence-electron chi connectivity index (χ4n) is 2.40. The summed E-state index contributed by atoms with van der Waals surface area (Å²) in [7, 11) is 3.09. The lowest BCUT2D eigenvalue weighted by atomic mass is 9.87. The van der Waals surface area contributed by atoms with Gasteiger partial charge in [0.2, 0.25) is 0 Å². The van der Waals surface area contributed by atoms with Crippen LogP contribution < -0.4 is 5.32 Å². The van der Waals surface area contributed by atoms with E-state index in [2.05, 4.69) is 19.5 Å². The second kappa shape index (κ2) is 9.60. The summed E-state index contributed by atoms with van der Waals surface area (Å²) in [5, 5.41) is 2.19. The molecular weight excluding hydrogens is 368 g/mol. The second-order valence-corrected chi connectivity index (χ2v) is 5.48.